The maximum absolute atomic E-state index is 3.23. The molecule has 0 atom stereocenters. The third-order valence-corrected chi connectivity index (χ3v) is 2.12. The molecule has 0 aliphatic carbocycles. The summed E-state index contributed by atoms with van der Waals surface area (Å²) in [5.74, 6) is 1.14. The first kappa shape index (κ1) is 9.92. The molecule has 4 heteroatoms. The first-order chi connectivity index (χ1) is 5.61. The molecule has 0 aromatic heterocycles. The summed E-state index contributed by atoms with van der Waals surface area (Å²) in [4.78, 5) is 0. The van der Waals surface area contributed by atoms with Crippen molar-refractivity contribution in [1.82, 2.24) is 21.7 Å². The highest BCUT2D eigenvalue weighted by molar-refractivity contribution is 4.74. The van der Waals surface area contributed by atoms with E-state index in [4.69, 9.17) is 0 Å². The van der Waals surface area contributed by atoms with Crippen LogP contribution < -0.4 is 21.7 Å². The molecule has 1 saturated heterocycles. The number of nitrogens with one attached hydrogen (secondary N) is 4. The smallest absolute Gasteiger partial charge is 0.0855 e. The minimum atomic E-state index is 0.306. The zero-order valence-electron chi connectivity index (χ0n) is 8.31. The van der Waals surface area contributed by atoms with Crippen molar-refractivity contribution in [3.63, 3.8) is 0 Å². The Labute approximate surface area is 74.4 Å². The summed E-state index contributed by atoms with van der Waals surface area (Å²) in [6, 6.07) is 0. The molecule has 0 aromatic carbocycles. The summed E-state index contributed by atoms with van der Waals surface area (Å²) in [5, 5.41) is 0. The van der Waals surface area contributed by atoms with Crippen LogP contribution in [-0.2, 0) is 0 Å². The van der Waals surface area contributed by atoms with E-state index in [0.717, 1.165) is 0 Å². The van der Waals surface area contributed by atoms with Crippen molar-refractivity contribution in [2.75, 3.05) is 0 Å². The standard InChI is InChI=1S/C8H20N4/c1-5(2)7-9-11-8(6(3)4)12-10-7/h5-12H,1-4H3. The predicted octanol–water partition coefficient (Wildman–Crippen LogP) is 0.153. The second-order valence-corrected chi connectivity index (χ2v) is 4.02. The molecule has 1 aliphatic rings. The number of rotatable bonds is 2. The molecule has 0 amide bonds. The molecule has 12 heavy (non-hydrogen) atoms. The minimum absolute atomic E-state index is 0.306. The van der Waals surface area contributed by atoms with Gasteiger partial charge in [-0.1, -0.05) is 27.7 Å². The molecule has 0 bridgehead atoms. The van der Waals surface area contributed by atoms with Gasteiger partial charge in [-0.15, -0.1) is 0 Å². The number of hydrogen-bond acceptors (Lipinski definition) is 4. The van der Waals surface area contributed by atoms with E-state index in [1.54, 1.807) is 0 Å². The topological polar surface area (TPSA) is 48.1 Å². The van der Waals surface area contributed by atoms with Crippen LogP contribution in [0.2, 0.25) is 0 Å². The molecule has 0 spiro atoms. The maximum atomic E-state index is 3.23. The van der Waals surface area contributed by atoms with E-state index >= 15 is 0 Å². The largest absolute Gasteiger partial charge is 0.238 e. The maximum Gasteiger partial charge on any atom is 0.0855 e. The summed E-state index contributed by atoms with van der Waals surface area (Å²) >= 11 is 0. The molecule has 4 nitrogen and oxygen atoms in total. The zero-order chi connectivity index (χ0) is 9.14. The highest BCUT2D eigenvalue weighted by atomic mass is 15.6. The molecule has 0 unspecified atom stereocenters. The molecule has 1 aliphatic heterocycles. The molecular weight excluding hydrogens is 152 g/mol. The van der Waals surface area contributed by atoms with Crippen LogP contribution in [0.15, 0.2) is 0 Å². The Balaban J connectivity index is 2.30. The van der Waals surface area contributed by atoms with Crippen LogP contribution in [0.5, 0.6) is 0 Å². The third kappa shape index (κ3) is 2.42. The molecule has 0 aromatic rings. The fourth-order valence-electron chi connectivity index (χ4n) is 1.10. The van der Waals surface area contributed by atoms with Gasteiger partial charge >= 0.3 is 0 Å². The number of hydrazine groups is 2. The van der Waals surface area contributed by atoms with Gasteiger partial charge in [0.1, 0.15) is 0 Å². The van der Waals surface area contributed by atoms with Gasteiger partial charge in [0.2, 0.25) is 0 Å². The molecule has 0 radical (unpaired) electrons. The van der Waals surface area contributed by atoms with Gasteiger partial charge in [0.15, 0.2) is 0 Å². The third-order valence-electron chi connectivity index (χ3n) is 2.12. The first-order valence-electron chi connectivity index (χ1n) is 4.63. The Bertz CT molecular complexity index is 111. The van der Waals surface area contributed by atoms with E-state index in [1.165, 1.54) is 0 Å². The molecule has 4 N–H and O–H groups in total. The quantitative estimate of drug-likeness (QED) is 0.479. The van der Waals surface area contributed by atoms with Gasteiger partial charge in [-0.05, 0) is 11.8 Å². The van der Waals surface area contributed by atoms with Crippen molar-refractivity contribution in [3.8, 4) is 0 Å². The molecule has 1 fully saturated rings. The van der Waals surface area contributed by atoms with Crippen LogP contribution in [0, 0.1) is 11.8 Å². The van der Waals surface area contributed by atoms with Crippen LogP contribution in [0.4, 0.5) is 0 Å². The molecular formula is C8H20N4. The highest BCUT2D eigenvalue weighted by Crippen LogP contribution is 2.02. The lowest BCUT2D eigenvalue weighted by Gasteiger charge is -2.36. The summed E-state index contributed by atoms with van der Waals surface area (Å²) in [5.41, 5.74) is 12.9. The van der Waals surface area contributed by atoms with E-state index in [-0.39, 0.29) is 0 Å². The van der Waals surface area contributed by atoms with Crippen LogP contribution in [0.1, 0.15) is 27.7 Å². The lowest BCUT2D eigenvalue weighted by Crippen LogP contribution is -2.71. The fraction of sp³-hybridized carbons (Fsp3) is 1.00. The van der Waals surface area contributed by atoms with E-state index in [9.17, 15) is 0 Å². The van der Waals surface area contributed by atoms with Gasteiger partial charge < -0.3 is 0 Å². The summed E-state index contributed by atoms with van der Waals surface area (Å²) in [7, 11) is 0. The van der Waals surface area contributed by atoms with Crippen molar-refractivity contribution in [3.05, 3.63) is 0 Å². The van der Waals surface area contributed by atoms with Gasteiger partial charge in [-0.3, -0.25) is 0 Å². The SMILES string of the molecule is CC(C)C1NNC(C(C)C)NN1. The monoisotopic (exact) mass is 172 g/mol. The average Bonchev–Trinajstić information content (AvgIpc) is 2.04. The highest BCUT2D eigenvalue weighted by Gasteiger charge is 2.22. The molecule has 1 heterocycles. The Morgan fingerprint density at radius 2 is 0.917 bits per heavy atom. The number of hydrogen-bond donors (Lipinski definition) is 4. The molecule has 72 valence electrons. The summed E-state index contributed by atoms with van der Waals surface area (Å²) < 4.78 is 0. The zero-order valence-corrected chi connectivity index (χ0v) is 8.31. The first-order valence-corrected chi connectivity index (χ1v) is 4.63. The second kappa shape index (κ2) is 4.18. The van der Waals surface area contributed by atoms with E-state index < -0.39 is 0 Å². The summed E-state index contributed by atoms with van der Waals surface area (Å²) in [6.45, 7) is 8.68. The molecule has 1 rings (SSSR count). The van der Waals surface area contributed by atoms with Crippen molar-refractivity contribution in [1.29, 1.82) is 0 Å². The van der Waals surface area contributed by atoms with Crippen molar-refractivity contribution >= 4 is 0 Å². The minimum Gasteiger partial charge on any atom is -0.238 e. The van der Waals surface area contributed by atoms with E-state index in [1.807, 2.05) is 0 Å². The van der Waals surface area contributed by atoms with Gasteiger partial charge in [0.05, 0.1) is 12.3 Å². The predicted molar refractivity (Wildman–Crippen MR) is 49.8 cm³/mol. The lowest BCUT2D eigenvalue weighted by molar-refractivity contribution is 0.131. The van der Waals surface area contributed by atoms with Gasteiger partial charge in [-0.2, -0.15) is 0 Å². The van der Waals surface area contributed by atoms with Crippen molar-refractivity contribution in [2.45, 2.75) is 40.0 Å². The van der Waals surface area contributed by atoms with Crippen LogP contribution >= 0.6 is 0 Å². The lowest BCUT2D eigenvalue weighted by atomic mass is 10.1. The summed E-state index contributed by atoms with van der Waals surface area (Å²) in [6.07, 6.45) is 0.611. The van der Waals surface area contributed by atoms with Crippen molar-refractivity contribution < 1.29 is 0 Å². The normalized spacial score (nSPS) is 31.5. The van der Waals surface area contributed by atoms with Crippen LogP contribution in [0.3, 0.4) is 0 Å². The van der Waals surface area contributed by atoms with Gasteiger partial charge in [-0.25, -0.2) is 21.7 Å². The Kier molecular flexibility index (Phi) is 3.46. The molecule has 0 saturated carbocycles. The van der Waals surface area contributed by atoms with E-state index in [0.29, 0.717) is 24.2 Å². The Morgan fingerprint density at radius 1 is 0.667 bits per heavy atom. The Hall–Kier alpha value is -0.160. The van der Waals surface area contributed by atoms with Gasteiger partial charge in [0, 0.05) is 0 Å². The van der Waals surface area contributed by atoms with Gasteiger partial charge in [0.25, 0.3) is 0 Å². The van der Waals surface area contributed by atoms with E-state index in [2.05, 4.69) is 49.4 Å². The van der Waals surface area contributed by atoms with Crippen LogP contribution in [0.25, 0.3) is 0 Å². The average molecular weight is 172 g/mol. The Morgan fingerprint density at radius 3 is 1.08 bits per heavy atom. The van der Waals surface area contributed by atoms with Crippen LogP contribution in [-0.4, -0.2) is 12.3 Å². The fourth-order valence-corrected chi connectivity index (χ4v) is 1.10. The second-order valence-electron chi connectivity index (χ2n) is 4.02. The van der Waals surface area contributed by atoms with Crippen molar-refractivity contribution in [2.24, 2.45) is 11.8 Å².